The second-order valence-electron chi connectivity index (χ2n) is 4.03. The van der Waals surface area contributed by atoms with Gasteiger partial charge in [-0.3, -0.25) is 0 Å². The number of nitrogens with one attached hydrogen (secondary N) is 1. The van der Waals surface area contributed by atoms with Crippen LogP contribution in [0, 0.1) is 0 Å². The van der Waals surface area contributed by atoms with Gasteiger partial charge in [-0.2, -0.15) is 0 Å². The average molecular weight is 255 g/mol. The Labute approximate surface area is 110 Å². The van der Waals surface area contributed by atoms with Crippen molar-refractivity contribution in [3.63, 3.8) is 0 Å². The molecule has 0 bridgehead atoms. The molecule has 3 rings (SSSR count). The van der Waals surface area contributed by atoms with Crippen molar-refractivity contribution in [1.29, 1.82) is 0 Å². The molecule has 0 saturated heterocycles. The Bertz CT molecular complexity index is 699. The predicted octanol–water partition coefficient (Wildman–Crippen LogP) is 4.39. The monoisotopic (exact) mass is 254 g/mol. The van der Waals surface area contributed by atoms with Crippen molar-refractivity contribution in [1.82, 2.24) is 9.97 Å². The number of benzene rings is 2. The summed E-state index contributed by atoms with van der Waals surface area (Å²) >= 11 is 5.94. The number of hydrogen-bond acceptors (Lipinski definition) is 1. The Balaban J connectivity index is 1.93. The smallest absolute Gasteiger partial charge is 0.131 e. The molecule has 0 amide bonds. The van der Waals surface area contributed by atoms with Crippen molar-refractivity contribution in [3.8, 4) is 0 Å². The second kappa shape index (κ2) is 4.67. The third-order valence-corrected chi connectivity index (χ3v) is 2.93. The molecule has 0 spiro atoms. The molecule has 2 nitrogen and oxygen atoms in total. The third kappa shape index (κ3) is 2.29. The van der Waals surface area contributed by atoms with E-state index in [1.54, 1.807) is 0 Å². The zero-order valence-corrected chi connectivity index (χ0v) is 10.4. The van der Waals surface area contributed by atoms with Gasteiger partial charge in [0.15, 0.2) is 0 Å². The fraction of sp³-hybridized carbons (Fsp3) is 0. The molecule has 0 radical (unpaired) electrons. The first kappa shape index (κ1) is 11.1. The maximum absolute atomic E-state index is 5.94. The summed E-state index contributed by atoms with van der Waals surface area (Å²) in [5, 5.41) is 0.713. The van der Waals surface area contributed by atoms with Gasteiger partial charge >= 0.3 is 0 Å². The summed E-state index contributed by atoms with van der Waals surface area (Å²) in [5.41, 5.74) is 3.03. The summed E-state index contributed by atoms with van der Waals surface area (Å²) in [6.07, 6.45) is 3.99. The molecule has 0 aliphatic rings. The van der Waals surface area contributed by atoms with E-state index in [4.69, 9.17) is 11.6 Å². The predicted molar refractivity (Wildman–Crippen MR) is 76.5 cm³/mol. The minimum Gasteiger partial charge on any atom is -0.338 e. The number of imidazole rings is 1. The molecule has 0 aliphatic heterocycles. The van der Waals surface area contributed by atoms with Gasteiger partial charge in [0.25, 0.3) is 0 Å². The van der Waals surface area contributed by atoms with Gasteiger partial charge in [0, 0.05) is 5.02 Å². The number of rotatable bonds is 2. The number of hydrogen-bond donors (Lipinski definition) is 1. The van der Waals surface area contributed by atoms with Crippen LogP contribution in [-0.2, 0) is 0 Å². The minimum absolute atomic E-state index is 0.713. The lowest BCUT2D eigenvalue weighted by molar-refractivity contribution is 1.29. The van der Waals surface area contributed by atoms with Gasteiger partial charge in [-0.25, -0.2) is 4.98 Å². The molecule has 0 saturated carbocycles. The van der Waals surface area contributed by atoms with Gasteiger partial charge in [-0.1, -0.05) is 48.0 Å². The topological polar surface area (TPSA) is 28.7 Å². The Morgan fingerprint density at radius 3 is 2.67 bits per heavy atom. The van der Waals surface area contributed by atoms with Crippen LogP contribution in [0.4, 0.5) is 0 Å². The first-order valence-corrected chi connectivity index (χ1v) is 6.07. The molecule has 88 valence electrons. The van der Waals surface area contributed by atoms with E-state index >= 15 is 0 Å². The SMILES string of the molecule is Clc1ccc2nc(/C=C/c3ccccc3)[nH]c2c1. The second-order valence-corrected chi connectivity index (χ2v) is 4.46. The van der Waals surface area contributed by atoms with Crippen molar-refractivity contribution in [2.24, 2.45) is 0 Å². The Morgan fingerprint density at radius 1 is 1.00 bits per heavy atom. The fourth-order valence-corrected chi connectivity index (χ4v) is 1.99. The van der Waals surface area contributed by atoms with E-state index in [9.17, 15) is 0 Å². The molecular weight excluding hydrogens is 244 g/mol. The lowest BCUT2D eigenvalue weighted by Gasteiger charge is -1.89. The normalized spacial score (nSPS) is 11.4. The zero-order valence-electron chi connectivity index (χ0n) is 9.60. The van der Waals surface area contributed by atoms with Crippen LogP contribution in [0.2, 0.25) is 5.02 Å². The van der Waals surface area contributed by atoms with Gasteiger partial charge < -0.3 is 4.98 Å². The summed E-state index contributed by atoms with van der Waals surface area (Å²) in [6.45, 7) is 0. The Kier molecular flexibility index (Phi) is 2.87. The van der Waals surface area contributed by atoms with Crippen LogP contribution in [0.1, 0.15) is 11.4 Å². The highest BCUT2D eigenvalue weighted by molar-refractivity contribution is 6.31. The van der Waals surface area contributed by atoms with E-state index in [1.165, 1.54) is 0 Å². The van der Waals surface area contributed by atoms with Crippen LogP contribution in [0.3, 0.4) is 0 Å². The first-order valence-electron chi connectivity index (χ1n) is 5.70. The molecule has 1 heterocycles. The van der Waals surface area contributed by atoms with Crippen LogP contribution in [0.5, 0.6) is 0 Å². The highest BCUT2D eigenvalue weighted by atomic mass is 35.5. The van der Waals surface area contributed by atoms with E-state index in [0.29, 0.717) is 5.02 Å². The lowest BCUT2D eigenvalue weighted by atomic mass is 10.2. The van der Waals surface area contributed by atoms with E-state index in [-0.39, 0.29) is 0 Å². The number of nitrogens with zero attached hydrogens (tertiary/aromatic N) is 1. The van der Waals surface area contributed by atoms with E-state index < -0.39 is 0 Å². The number of aromatic amines is 1. The van der Waals surface area contributed by atoms with Gasteiger partial charge in [-0.15, -0.1) is 0 Å². The van der Waals surface area contributed by atoms with Crippen molar-refractivity contribution in [3.05, 3.63) is 64.9 Å². The van der Waals surface area contributed by atoms with E-state index in [2.05, 4.69) is 22.1 Å². The van der Waals surface area contributed by atoms with Gasteiger partial charge in [0.2, 0.25) is 0 Å². The van der Waals surface area contributed by atoms with Crippen LogP contribution in [0.15, 0.2) is 48.5 Å². The van der Waals surface area contributed by atoms with E-state index in [0.717, 1.165) is 22.4 Å². The van der Waals surface area contributed by atoms with Crippen molar-refractivity contribution >= 4 is 34.8 Å². The highest BCUT2D eigenvalue weighted by Crippen LogP contribution is 2.18. The summed E-state index contributed by atoms with van der Waals surface area (Å²) in [6, 6.07) is 15.8. The molecule has 3 heteroatoms. The van der Waals surface area contributed by atoms with Crippen LogP contribution in [0.25, 0.3) is 23.2 Å². The van der Waals surface area contributed by atoms with Gasteiger partial charge in [0.1, 0.15) is 5.82 Å². The molecule has 0 aliphatic carbocycles. The molecule has 3 aromatic rings. The third-order valence-electron chi connectivity index (χ3n) is 2.70. The standard InChI is InChI=1S/C15H11ClN2/c16-12-7-8-13-14(10-12)18-15(17-13)9-6-11-4-2-1-3-5-11/h1-10H,(H,17,18)/b9-6+. The minimum atomic E-state index is 0.713. The van der Waals surface area contributed by atoms with Crippen LogP contribution < -0.4 is 0 Å². The summed E-state index contributed by atoms with van der Waals surface area (Å²) in [5.74, 6) is 0.830. The largest absolute Gasteiger partial charge is 0.338 e. The number of aromatic nitrogens is 2. The molecule has 0 fully saturated rings. The maximum Gasteiger partial charge on any atom is 0.131 e. The molecule has 2 aromatic carbocycles. The zero-order chi connectivity index (χ0) is 12.4. The molecular formula is C15H11ClN2. The average Bonchev–Trinajstić information content (AvgIpc) is 2.79. The van der Waals surface area contributed by atoms with Crippen LogP contribution >= 0.6 is 11.6 Å². The summed E-state index contributed by atoms with van der Waals surface area (Å²) < 4.78 is 0. The highest BCUT2D eigenvalue weighted by Gasteiger charge is 2.00. The van der Waals surface area contributed by atoms with Crippen molar-refractivity contribution in [2.45, 2.75) is 0 Å². The molecule has 18 heavy (non-hydrogen) atoms. The quantitative estimate of drug-likeness (QED) is 0.722. The molecule has 1 aromatic heterocycles. The summed E-state index contributed by atoms with van der Waals surface area (Å²) in [7, 11) is 0. The molecule has 0 atom stereocenters. The first-order chi connectivity index (χ1) is 8.81. The van der Waals surface area contributed by atoms with Gasteiger partial charge in [0.05, 0.1) is 11.0 Å². The van der Waals surface area contributed by atoms with E-state index in [1.807, 2.05) is 48.6 Å². The fourth-order valence-electron chi connectivity index (χ4n) is 1.82. The lowest BCUT2D eigenvalue weighted by Crippen LogP contribution is -1.74. The number of fused-ring (bicyclic) bond motifs is 1. The van der Waals surface area contributed by atoms with Crippen molar-refractivity contribution < 1.29 is 0 Å². The number of H-pyrrole nitrogens is 1. The number of halogens is 1. The summed E-state index contributed by atoms with van der Waals surface area (Å²) in [4.78, 5) is 7.69. The maximum atomic E-state index is 5.94. The van der Waals surface area contributed by atoms with Crippen molar-refractivity contribution in [2.75, 3.05) is 0 Å². The van der Waals surface area contributed by atoms with Gasteiger partial charge in [-0.05, 0) is 29.8 Å². The molecule has 0 unspecified atom stereocenters. The molecule has 1 N–H and O–H groups in total. The Morgan fingerprint density at radius 2 is 1.83 bits per heavy atom. The Hall–Kier alpha value is -2.06. The van der Waals surface area contributed by atoms with Crippen LogP contribution in [-0.4, -0.2) is 9.97 Å².